The summed E-state index contributed by atoms with van der Waals surface area (Å²) >= 11 is 0. The van der Waals surface area contributed by atoms with Crippen LogP contribution in [0.25, 0.3) is 0 Å². The molecule has 0 bridgehead atoms. The molecule has 1 saturated carbocycles. The molecule has 2 heterocycles. The molecule has 3 aliphatic rings. The van der Waals surface area contributed by atoms with E-state index >= 15 is 0 Å². The van der Waals surface area contributed by atoms with E-state index in [0.717, 1.165) is 44.9 Å². The quantitative estimate of drug-likeness (QED) is 0.0369. The number of amides is 5. The Morgan fingerprint density at radius 2 is 0.810 bits per heavy atom. The predicted molar refractivity (Wildman–Crippen MR) is 308 cm³/mol. The predicted octanol–water partition coefficient (Wildman–Crippen LogP) is 0.474. The first-order valence-electron chi connectivity index (χ1n) is 31.2. The van der Waals surface area contributed by atoms with Crippen molar-refractivity contribution in [3.8, 4) is 0 Å². The van der Waals surface area contributed by atoms with Crippen molar-refractivity contribution < 1.29 is 98.4 Å². The molecule has 0 aromatic heterocycles. The van der Waals surface area contributed by atoms with Crippen LogP contribution in [0.2, 0.25) is 0 Å². The Morgan fingerprint density at radius 1 is 0.429 bits per heavy atom. The van der Waals surface area contributed by atoms with Gasteiger partial charge in [0.15, 0.2) is 12.6 Å². The molecule has 490 valence electrons. The van der Waals surface area contributed by atoms with Crippen molar-refractivity contribution in [2.75, 3.05) is 79.5 Å². The molecular weight excluding hydrogens is 1100 g/mol. The van der Waals surface area contributed by atoms with Gasteiger partial charge in [0.1, 0.15) is 24.4 Å². The molecule has 0 spiro atoms. The van der Waals surface area contributed by atoms with Gasteiger partial charge in [0.25, 0.3) is 0 Å². The second-order valence-electron chi connectivity index (χ2n) is 23.5. The molecule has 2 saturated heterocycles. The van der Waals surface area contributed by atoms with Gasteiger partial charge >= 0.3 is 0 Å². The van der Waals surface area contributed by atoms with Crippen LogP contribution >= 0.6 is 0 Å². The van der Waals surface area contributed by atoms with E-state index in [1.807, 2.05) is 6.92 Å². The summed E-state index contributed by atoms with van der Waals surface area (Å²) in [5.41, 5.74) is -1.15. The second-order valence-corrected chi connectivity index (χ2v) is 23.5. The van der Waals surface area contributed by atoms with Crippen molar-refractivity contribution in [1.29, 1.82) is 0 Å². The van der Waals surface area contributed by atoms with Crippen LogP contribution in [-0.4, -0.2) is 228 Å². The Kier molecular flexibility index (Phi) is 38.0. The Hall–Kier alpha value is -3.25. The third-order valence-corrected chi connectivity index (χ3v) is 16.7. The Labute approximate surface area is 497 Å². The van der Waals surface area contributed by atoms with Gasteiger partial charge in [-0.1, -0.05) is 59.3 Å². The van der Waals surface area contributed by atoms with Crippen LogP contribution in [0.1, 0.15) is 168 Å². The summed E-state index contributed by atoms with van der Waals surface area (Å²) in [7, 11) is 1.58. The number of aliphatic hydroxyl groups is 9. The molecule has 25 nitrogen and oxygen atoms in total. The van der Waals surface area contributed by atoms with E-state index in [9.17, 15) is 69.9 Å². The number of methoxy groups -OCH3 is 1. The fourth-order valence-electron chi connectivity index (χ4n) is 10.9. The van der Waals surface area contributed by atoms with E-state index < -0.39 is 97.9 Å². The summed E-state index contributed by atoms with van der Waals surface area (Å²) in [4.78, 5) is 66.9. The van der Waals surface area contributed by atoms with E-state index in [1.54, 1.807) is 21.0 Å². The van der Waals surface area contributed by atoms with Crippen molar-refractivity contribution >= 4 is 29.5 Å². The molecule has 0 radical (unpaired) electrons. The number of carbonyl (C=O) groups is 5. The van der Waals surface area contributed by atoms with Crippen molar-refractivity contribution in [2.24, 2.45) is 23.7 Å². The zero-order valence-corrected chi connectivity index (χ0v) is 50.7. The van der Waals surface area contributed by atoms with Gasteiger partial charge in [-0.25, -0.2) is 0 Å². The van der Waals surface area contributed by atoms with Gasteiger partial charge in [-0.15, -0.1) is 0 Å². The molecule has 15 unspecified atom stereocenters. The Morgan fingerprint density at radius 3 is 1.23 bits per heavy atom. The fourth-order valence-corrected chi connectivity index (χ4v) is 10.9. The molecule has 1 aliphatic carbocycles. The molecule has 25 heteroatoms. The third-order valence-electron chi connectivity index (χ3n) is 16.7. The number of hydrogen-bond acceptors (Lipinski definition) is 20. The Bertz CT molecular complexity index is 1660. The van der Waals surface area contributed by atoms with E-state index in [4.69, 9.17) is 28.4 Å². The SMILES string of the molecule is COCCCNC(=O)CCCC(=O)NC(CCC(=O)NCCCCCCOC1CC(CO)C(O)C(O)C1C)(CCC(=O)NCCCCCCOC1OC(CO)C(O)C(O)C1C)CCC(=O)NCCCCCCOC1OC(CO)C(O)C(O)C1C. The van der Waals surface area contributed by atoms with E-state index in [0.29, 0.717) is 97.6 Å². The van der Waals surface area contributed by atoms with Gasteiger partial charge in [0.2, 0.25) is 29.5 Å². The maximum atomic E-state index is 13.8. The highest BCUT2D eigenvalue weighted by Gasteiger charge is 2.44. The second kappa shape index (κ2) is 42.6. The first-order chi connectivity index (χ1) is 40.3. The average molecular weight is 1210 g/mol. The third kappa shape index (κ3) is 27.8. The lowest BCUT2D eigenvalue weighted by Gasteiger charge is -2.40. The fraction of sp³-hybridized carbons (Fsp3) is 0.915. The number of nitrogens with one attached hydrogen (secondary N) is 5. The number of unbranched alkanes of at least 4 members (excludes halogenated alkanes) is 9. The van der Waals surface area contributed by atoms with Crippen LogP contribution in [0.15, 0.2) is 0 Å². The van der Waals surface area contributed by atoms with Crippen molar-refractivity contribution in [3.05, 3.63) is 0 Å². The summed E-state index contributed by atoms with van der Waals surface area (Å²) in [6.45, 7) is 7.33. The average Bonchev–Trinajstić information content (AvgIpc) is 3.58. The van der Waals surface area contributed by atoms with E-state index in [1.165, 1.54) is 0 Å². The molecule has 3 rings (SSSR count). The zero-order chi connectivity index (χ0) is 61.9. The topological polar surface area (TPSA) is 383 Å². The van der Waals surface area contributed by atoms with Gasteiger partial charge in [0.05, 0.1) is 43.7 Å². The lowest BCUT2D eigenvalue weighted by molar-refractivity contribution is -0.282. The largest absolute Gasteiger partial charge is 0.396 e. The smallest absolute Gasteiger partial charge is 0.220 e. The first kappa shape index (κ1) is 75.0. The highest BCUT2D eigenvalue weighted by atomic mass is 16.7. The number of rotatable bonds is 45. The van der Waals surface area contributed by atoms with Crippen LogP contribution < -0.4 is 26.6 Å². The van der Waals surface area contributed by atoms with E-state index in [-0.39, 0.29) is 106 Å². The van der Waals surface area contributed by atoms with Crippen molar-refractivity contribution in [2.45, 2.75) is 242 Å². The number of aliphatic hydroxyl groups excluding tert-OH is 9. The number of hydrogen-bond donors (Lipinski definition) is 14. The van der Waals surface area contributed by atoms with Crippen molar-refractivity contribution in [3.63, 3.8) is 0 Å². The molecular formula is C59H109N5O20. The monoisotopic (exact) mass is 1210 g/mol. The van der Waals surface area contributed by atoms with Crippen LogP contribution in [0.3, 0.4) is 0 Å². The maximum absolute atomic E-state index is 13.8. The van der Waals surface area contributed by atoms with Crippen molar-refractivity contribution in [1.82, 2.24) is 26.6 Å². The molecule has 14 N–H and O–H groups in total. The normalized spacial score (nSPS) is 28.7. The first-order valence-corrected chi connectivity index (χ1v) is 31.2. The van der Waals surface area contributed by atoms with Crippen LogP contribution in [-0.2, 0) is 52.4 Å². The minimum Gasteiger partial charge on any atom is -0.396 e. The van der Waals surface area contributed by atoms with Crippen LogP contribution in [0.4, 0.5) is 0 Å². The van der Waals surface area contributed by atoms with Crippen LogP contribution in [0.5, 0.6) is 0 Å². The summed E-state index contributed by atoms with van der Waals surface area (Å²) in [6, 6.07) is 0. The lowest BCUT2D eigenvalue weighted by atomic mass is 9.77. The molecule has 84 heavy (non-hydrogen) atoms. The summed E-state index contributed by atoms with van der Waals surface area (Å²) < 4.78 is 34.0. The lowest BCUT2D eigenvalue weighted by Crippen LogP contribution is -2.55. The van der Waals surface area contributed by atoms with Gasteiger partial charge in [-0.2, -0.15) is 0 Å². The molecule has 5 amide bonds. The van der Waals surface area contributed by atoms with Gasteiger partial charge in [-0.3, -0.25) is 24.0 Å². The zero-order valence-electron chi connectivity index (χ0n) is 50.7. The number of ether oxygens (including phenoxy) is 6. The highest BCUT2D eigenvalue weighted by Crippen LogP contribution is 2.33. The summed E-state index contributed by atoms with van der Waals surface area (Å²) in [6.07, 6.45) is 0.414. The van der Waals surface area contributed by atoms with Gasteiger partial charge in [0, 0.05) is 128 Å². The Balaban J connectivity index is 1.58. The maximum Gasteiger partial charge on any atom is 0.220 e. The number of carbonyl (C=O) groups excluding carboxylic acids is 5. The molecule has 2 aliphatic heterocycles. The van der Waals surface area contributed by atoms with Gasteiger partial charge in [-0.05, 0) is 77.0 Å². The van der Waals surface area contributed by atoms with E-state index in [2.05, 4.69) is 26.6 Å². The van der Waals surface area contributed by atoms with Crippen LogP contribution in [0, 0.1) is 23.7 Å². The van der Waals surface area contributed by atoms with Gasteiger partial charge < -0.3 is 101 Å². The standard InChI is InChI=1S/C59H109N5O20/c1-39-43(35-42(36-65)54(76)51(39)73)80-32-14-8-5-11-27-60-47(69)21-24-59(64-50(72)20-17-19-46(68)63-30-18-31-79-4,25-22-48(70)61-28-12-6-9-15-33-81-57-40(2)52(74)55(77)44(37-66)83-57)26-23-49(71)62-29-13-7-10-16-34-82-58-41(3)53(75)56(78)45(38-67)84-58/h39-45,51-58,65-67,73-78H,5-38H2,1-4H3,(H,60,69)(H,61,70)(H,62,71)(H,63,68)(H,64,72). The molecule has 3 fully saturated rings. The molecule has 0 aromatic carbocycles. The summed E-state index contributed by atoms with van der Waals surface area (Å²) in [5, 5.41) is 105. The minimum absolute atomic E-state index is 0.00368. The molecule has 15 atom stereocenters. The minimum atomic E-state index is -1.21. The summed E-state index contributed by atoms with van der Waals surface area (Å²) in [5.74, 6) is -3.06. The molecule has 0 aromatic rings. The highest BCUT2D eigenvalue weighted by molar-refractivity contribution is 5.81.